The highest BCUT2D eigenvalue weighted by molar-refractivity contribution is 6.01. The van der Waals surface area contributed by atoms with Crippen molar-refractivity contribution in [3.05, 3.63) is 78.6 Å². The topological polar surface area (TPSA) is 21.1 Å². The van der Waals surface area contributed by atoms with E-state index >= 15 is 0 Å². The summed E-state index contributed by atoms with van der Waals surface area (Å²) >= 11 is 0. The number of anilines is 3. The average Bonchev–Trinajstić information content (AvgIpc) is 2.94. The molecule has 3 nitrogen and oxygen atoms in total. The van der Waals surface area contributed by atoms with Crippen LogP contribution in [0.25, 0.3) is 16.7 Å². The van der Waals surface area contributed by atoms with Crippen LogP contribution in [0.1, 0.15) is 5.82 Å². The van der Waals surface area contributed by atoms with E-state index in [0.29, 0.717) is 0 Å². The molecule has 5 rings (SSSR count). The molecule has 3 aromatic carbocycles. The van der Waals surface area contributed by atoms with Crippen LogP contribution in [-0.4, -0.2) is 9.55 Å². The molecule has 0 amide bonds. The van der Waals surface area contributed by atoms with Gasteiger partial charge in [0.2, 0.25) is 0 Å². The number of nitrogens with zero attached hydrogens (tertiary/aromatic N) is 3. The molecule has 0 saturated heterocycles. The Kier molecular flexibility index (Phi) is 2.42. The Morgan fingerprint density at radius 2 is 1.39 bits per heavy atom. The Morgan fingerprint density at radius 1 is 0.696 bits per heavy atom. The standard InChI is InChI=1S/C20H15N3/c1-14-21-16-10-7-13-19-20(16)22(14)17-11-5-6-12-18(17)23(19)15-8-3-2-4-9-15/h2-13H,1H3. The van der Waals surface area contributed by atoms with Gasteiger partial charge in [0.15, 0.2) is 0 Å². The van der Waals surface area contributed by atoms with Crippen molar-refractivity contribution in [3.63, 3.8) is 0 Å². The zero-order chi connectivity index (χ0) is 15.4. The second-order valence-corrected chi connectivity index (χ2v) is 5.80. The fourth-order valence-electron chi connectivity index (χ4n) is 3.53. The van der Waals surface area contributed by atoms with E-state index in [2.05, 4.69) is 83.1 Å². The largest absolute Gasteiger partial charge is 0.306 e. The minimum absolute atomic E-state index is 1.02. The summed E-state index contributed by atoms with van der Waals surface area (Å²) < 4.78 is 2.26. The molecule has 0 atom stereocenters. The molecule has 1 aromatic heterocycles. The lowest BCUT2D eigenvalue weighted by Gasteiger charge is -2.32. The molecule has 2 heterocycles. The fourth-order valence-corrected chi connectivity index (χ4v) is 3.53. The van der Waals surface area contributed by atoms with Gasteiger partial charge in [-0.2, -0.15) is 0 Å². The minimum atomic E-state index is 1.02. The summed E-state index contributed by atoms with van der Waals surface area (Å²) in [6.07, 6.45) is 0. The smallest absolute Gasteiger partial charge is 0.111 e. The summed E-state index contributed by atoms with van der Waals surface area (Å²) in [5.74, 6) is 1.02. The summed E-state index contributed by atoms with van der Waals surface area (Å²) in [6.45, 7) is 2.07. The number of fused-ring (bicyclic) bond motifs is 2. The van der Waals surface area contributed by atoms with Gasteiger partial charge in [0.25, 0.3) is 0 Å². The lowest BCUT2D eigenvalue weighted by Crippen LogP contribution is -2.18. The van der Waals surface area contributed by atoms with Crippen LogP contribution in [0.15, 0.2) is 72.8 Å². The van der Waals surface area contributed by atoms with Crippen LogP contribution in [0, 0.1) is 6.92 Å². The molecular formula is C20H15N3. The van der Waals surface area contributed by atoms with E-state index in [4.69, 9.17) is 4.98 Å². The average molecular weight is 297 g/mol. The first-order valence-corrected chi connectivity index (χ1v) is 7.77. The highest BCUT2D eigenvalue weighted by Crippen LogP contribution is 2.46. The van der Waals surface area contributed by atoms with Crippen LogP contribution >= 0.6 is 0 Å². The van der Waals surface area contributed by atoms with Gasteiger partial charge in [-0.05, 0) is 43.3 Å². The van der Waals surface area contributed by atoms with Crippen LogP contribution in [-0.2, 0) is 0 Å². The predicted molar refractivity (Wildman–Crippen MR) is 94.0 cm³/mol. The van der Waals surface area contributed by atoms with E-state index < -0.39 is 0 Å². The summed E-state index contributed by atoms with van der Waals surface area (Å²) in [5, 5.41) is 0. The quantitative estimate of drug-likeness (QED) is 0.428. The van der Waals surface area contributed by atoms with Gasteiger partial charge in [-0.25, -0.2) is 4.98 Å². The molecule has 3 heteroatoms. The molecule has 0 N–H and O–H groups in total. The minimum Gasteiger partial charge on any atom is -0.306 e. The molecular weight excluding hydrogens is 282 g/mol. The normalized spacial score (nSPS) is 12.5. The molecule has 0 bridgehead atoms. The molecule has 1 aliphatic rings. The maximum Gasteiger partial charge on any atom is 0.111 e. The maximum absolute atomic E-state index is 4.75. The SMILES string of the molecule is Cc1nc2cccc3c2n1-c1ccccc1N3c1ccccc1. The number of hydrogen-bond donors (Lipinski definition) is 0. The Labute approximate surface area is 134 Å². The summed E-state index contributed by atoms with van der Waals surface area (Å²) in [6, 6.07) is 25.3. The van der Waals surface area contributed by atoms with Crippen molar-refractivity contribution in [2.45, 2.75) is 6.92 Å². The molecule has 23 heavy (non-hydrogen) atoms. The first kappa shape index (κ1) is 12.5. The van der Waals surface area contributed by atoms with Gasteiger partial charge < -0.3 is 4.90 Å². The molecule has 110 valence electrons. The number of benzene rings is 3. The van der Waals surface area contributed by atoms with E-state index in [9.17, 15) is 0 Å². The molecule has 0 aliphatic carbocycles. The zero-order valence-corrected chi connectivity index (χ0v) is 12.8. The third-order valence-corrected chi connectivity index (χ3v) is 4.44. The second-order valence-electron chi connectivity index (χ2n) is 5.80. The highest BCUT2D eigenvalue weighted by Gasteiger charge is 2.27. The van der Waals surface area contributed by atoms with E-state index in [1.54, 1.807) is 0 Å². The number of para-hydroxylation sites is 4. The van der Waals surface area contributed by atoms with Crippen molar-refractivity contribution in [1.82, 2.24) is 9.55 Å². The van der Waals surface area contributed by atoms with Gasteiger partial charge in [-0.1, -0.05) is 36.4 Å². The molecule has 0 spiro atoms. The Bertz CT molecular complexity index is 1030. The van der Waals surface area contributed by atoms with Crippen molar-refractivity contribution in [3.8, 4) is 5.69 Å². The molecule has 0 unspecified atom stereocenters. The Balaban J connectivity index is 1.95. The number of imidazole rings is 1. The van der Waals surface area contributed by atoms with Gasteiger partial charge in [-0.15, -0.1) is 0 Å². The van der Waals surface area contributed by atoms with E-state index in [-0.39, 0.29) is 0 Å². The van der Waals surface area contributed by atoms with Crippen molar-refractivity contribution < 1.29 is 0 Å². The first-order chi connectivity index (χ1) is 11.3. The summed E-state index contributed by atoms with van der Waals surface area (Å²) in [4.78, 5) is 7.07. The van der Waals surface area contributed by atoms with Crippen molar-refractivity contribution >= 4 is 28.1 Å². The van der Waals surface area contributed by atoms with Gasteiger partial charge in [0, 0.05) is 5.69 Å². The molecule has 0 fully saturated rings. The van der Waals surface area contributed by atoms with Crippen LogP contribution in [0.3, 0.4) is 0 Å². The summed E-state index contributed by atoms with van der Waals surface area (Å²) in [5.41, 5.74) is 6.91. The Morgan fingerprint density at radius 3 is 2.22 bits per heavy atom. The Hall–Kier alpha value is -3.07. The second kappa shape index (κ2) is 4.46. The molecule has 1 aliphatic heterocycles. The molecule has 4 aromatic rings. The lowest BCUT2D eigenvalue weighted by atomic mass is 10.1. The van der Waals surface area contributed by atoms with Crippen LogP contribution in [0.4, 0.5) is 17.1 Å². The van der Waals surface area contributed by atoms with Crippen molar-refractivity contribution in [2.75, 3.05) is 4.90 Å². The molecule has 0 saturated carbocycles. The van der Waals surface area contributed by atoms with Crippen LogP contribution in [0.2, 0.25) is 0 Å². The van der Waals surface area contributed by atoms with E-state index in [1.165, 1.54) is 22.6 Å². The van der Waals surface area contributed by atoms with Gasteiger partial charge in [-0.3, -0.25) is 4.57 Å². The lowest BCUT2D eigenvalue weighted by molar-refractivity contribution is 0.982. The number of aromatic nitrogens is 2. The fraction of sp³-hybridized carbons (Fsp3) is 0.0500. The van der Waals surface area contributed by atoms with Gasteiger partial charge >= 0.3 is 0 Å². The number of rotatable bonds is 1. The first-order valence-electron chi connectivity index (χ1n) is 7.77. The van der Waals surface area contributed by atoms with Gasteiger partial charge in [0.1, 0.15) is 5.82 Å². The number of hydrogen-bond acceptors (Lipinski definition) is 2. The third-order valence-electron chi connectivity index (χ3n) is 4.44. The van der Waals surface area contributed by atoms with E-state index in [0.717, 1.165) is 17.0 Å². The highest BCUT2D eigenvalue weighted by atomic mass is 15.2. The van der Waals surface area contributed by atoms with Gasteiger partial charge in [0.05, 0.1) is 28.1 Å². The summed E-state index contributed by atoms with van der Waals surface area (Å²) in [7, 11) is 0. The van der Waals surface area contributed by atoms with Crippen LogP contribution < -0.4 is 4.90 Å². The zero-order valence-electron chi connectivity index (χ0n) is 12.8. The third kappa shape index (κ3) is 1.62. The predicted octanol–water partition coefficient (Wildman–Crippen LogP) is 5.12. The molecule has 0 radical (unpaired) electrons. The van der Waals surface area contributed by atoms with Crippen LogP contribution in [0.5, 0.6) is 0 Å². The maximum atomic E-state index is 4.75. The van der Waals surface area contributed by atoms with Crippen molar-refractivity contribution in [2.24, 2.45) is 0 Å². The monoisotopic (exact) mass is 297 g/mol. The van der Waals surface area contributed by atoms with E-state index in [1.807, 2.05) is 6.07 Å². The number of aryl methyl sites for hydroxylation is 1. The van der Waals surface area contributed by atoms with Crippen molar-refractivity contribution in [1.29, 1.82) is 0 Å².